The smallest absolute Gasteiger partial charge is 0.324 e. The maximum Gasteiger partial charge on any atom is 0.324 e. The number of amides is 3. The molecule has 3 amide bonds. The third-order valence-corrected chi connectivity index (χ3v) is 5.02. The van der Waals surface area contributed by atoms with E-state index in [1.807, 2.05) is 18.2 Å². The van der Waals surface area contributed by atoms with Gasteiger partial charge in [0.2, 0.25) is 0 Å². The SMILES string of the molecule is CN(Cc1ccccc1[N+](=O)[O-])C(=O)c1ccc(NC(=O)Nc2ccccc2)s1. The molecule has 0 saturated heterocycles. The minimum Gasteiger partial charge on any atom is -0.336 e. The maximum atomic E-state index is 12.7. The first-order chi connectivity index (χ1) is 13.9. The molecule has 0 radical (unpaired) electrons. The van der Waals surface area contributed by atoms with Gasteiger partial charge in [0, 0.05) is 24.4 Å². The van der Waals surface area contributed by atoms with Crippen LogP contribution < -0.4 is 10.6 Å². The van der Waals surface area contributed by atoms with Crippen LogP contribution in [0.4, 0.5) is 21.2 Å². The lowest BCUT2D eigenvalue weighted by molar-refractivity contribution is -0.385. The lowest BCUT2D eigenvalue weighted by atomic mass is 10.1. The predicted octanol–water partition coefficient (Wildman–Crippen LogP) is 4.57. The first kappa shape index (κ1) is 20.0. The highest BCUT2D eigenvalue weighted by Gasteiger charge is 2.19. The summed E-state index contributed by atoms with van der Waals surface area (Å²) in [6.07, 6.45) is 0. The van der Waals surface area contributed by atoms with Gasteiger partial charge < -0.3 is 10.2 Å². The van der Waals surface area contributed by atoms with Crippen LogP contribution in [-0.2, 0) is 6.54 Å². The Morgan fingerprint density at radius 1 is 1.00 bits per heavy atom. The van der Waals surface area contributed by atoms with Crippen molar-refractivity contribution in [3.63, 3.8) is 0 Å². The van der Waals surface area contributed by atoms with E-state index in [-0.39, 0.29) is 18.1 Å². The summed E-state index contributed by atoms with van der Waals surface area (Å²) in [7, 11) is 1.58. The third kappa shape index (κ3) is 5.17. The van der Waals surface area contributed by atoms with Gasteiger partial charge in [-0.1, -0.05) is 36.4 Å². The normalized spacial score (nSPS) is 10.2. The van der Waals surface area contributed by atoms with E-state index in [0.29, 0.717) is 21.1 Å². The summed E-state index contributed by atoms with van der Waals surface area (Å²) in [6, 6.07) is 18.1. The van der Waals surface area contributed by atoms with E-state index < -0.39 is 11.0 Å². The zero-order chi connectivity index (χ0) is 20.8. The van der Waals surface area contributed by atoms with Gasteiger partial charge in [0.15, 0.2) is 0 Å². The lowest BCUT2D eigenvalue weighted by Crippen LogP contribution is -2.25. The molecular weight excluding hydrogens is 392 g/mol. The molecule has 1 aromatic heterocycles. The molecule has 0 spiro atoms. The van der Waals surface area contributed by atoms with E-state index in [4.69, 9.17) is 0 Å². The van der Waals surface area contributed by atoms with Crippen molar-refractivity contribution < 1.29 is 14.5 Å². The number of benzene rings is 2. The molecule has 3 aromatic rings. The van der Waals surface area contributed by atoms with Gasteiger partial charge >= 0.3 is 6.03 Å². The van der Waals surface area contributed by atoms with Crippen molar-refractivity contribution in [2.24, 2.45) is 0 Å². The molecule has 0 bridgehead atoms. The molecule has 0 aliphatic carbocycles. The minimum atomic E-state index is -0.466. The Balaban J connectivity index is 1.63. The van der Waals surface area contributed by atoms with Crippen LogP contribution in [-0.4, -0.2) is 28.8 Å². The monoisotopic (exact) mass is 410 g/mol. The minimum absolute atomic E-state index is 0.0294. The van der Waals surface area contributed by atoms with Crippen LogP contribution >= 0.6 is 11.3 Å². The highest BCUT2D eigenvalue weighted by atomic mass is 32.1. The van der Waals surface area contributed by atoms with Crippen molar-refractivity contribution in [3.8, 4) is 0 Å². The van der Waals surface area contributed by atoms with Gasteiger partial charge in [0.1, 0.15) is 0 Å². The average molecular weight is 410 g/mol. The lowest BCUT2D eigenvalue weighted by Gasteiger charge is -2.16. The summed E-state index contributed by atoms with van der Waals surface area (Å²) < 4.78 is 0. The first-order valence-corrected chi connectivity index (χ1v) is 9.46. The largest absolute Gasteiger partial charge is 0.336 e. The molecule has 0 aliphatic heterocycles. The number of thiophene rings is 1. The van der Waals surface area contributed by atoms with Gasteiger partial charge in [-0.05, 0) is 24.3 Å². The molecule has 0 fully saturated rings. The zero-order valence-corrected chi connectivity index (χ0v) is 16.3. The highest BCUT2D eigenvalue weighted by Crippen LogP contribution is 2.25. The summed E-state index contributed by atoms with van der Waals surface area (Å²) >= 11 is 1.13. The topological polar surface area (TPSA) is 105 Å². The van der Waals surface area contributed by atoms with Gasteiger partial charge in [-0.3, -0.25) is 20.2 Å². The Labute approximate surface area is 170 Å². The number of nitro benzene ring substituents is 1. The molecule has 2 aromatic carbocycles. The fourth-order valence-electron chi connectivity index (χ4n) is 2.65. The predicted molar refractivity (Wildman–Crippen MR) is 112 cm³/mol. The number of hydrogen-bond acceptors (Lipinski definition) is 5. The molecule has 2 N–H and O–H groups in total. The van der Waals surface area contributed by atoms with Crippen molar-refractivity contribution in [3.05, 3.63) is 87.3 Å². The summed E-state index contributed by atoms with van der Waals surface area (Å²) in [5.41, 5.74) is 1.07. The summed E-state index contributed by atoms with van der Waals surface area (Å²) in [6.45, 7) is 0.102. The van der Waals surface area contributed by atoms with Crippen molar-refractivity contribution in [1.82, 2.24) is 4.90 Å². The number of rotatable bonds is 6. The van der Waals surface area contributed by atoms with E-state index >= 15 is 0 Å². The van der Waals surface area contributed by atoms with Crippen molar-refractivity contribution in [2.75, 3.05) is 17.7 Å². The summed E-state index contributed by atoms with van der Waals surface area (Å²) in [4.78, 5) is 37.2. The van der Waals surface area contributed by atoms with Crippen LogP contribution in [0, 0.1) is 10.1 Å². The van der Waals surface area contributed by atoms with Crippen LogP contribution in [0.1, 0.15) is 15.2 Å². The Morgan fingerprint density at radius 3 is 2.41 bits per heavy atom. The molecule has 29 heavy (non-hydrogen) atoms. The molecule has 148 valence electrons. The number of nitrogens with zero attached hydrogens (tertiary/aromatic N) is 2. The molecule has 0 aliphatic rings. The van der Waals surface area contributed by atoms with E-state index in [1.54, 1.807) is 49.5 Å². The standard InChI is InChI=1S/C20H18N4O4S/c1-23(13-14-7-5-6-10-16(14)24(27)28)19(25)17-11-12-18(29-17)22-20(26)21-15-8-3-2-4-9-15/h2-12H,13H2,1H3,(H2,21,22,26). The van der Waals surface area contributed by atoms with Crippen LogP contribution in [0.5, 0.6) is 0 Å². The number of carbonyl (C=O) groups excluding carboxylic acids is 2. The van der Waals surface area contributed by atoms with Gasteiger partial charge in [-0.2, -0.15) is 0 Å². The zero-order valence-electron chi connectivity index (χ0n) is 15.5. The Bertz CT molecular complexity index is 1040. The number of hydrogen-bond donors (Lipinski definition) is 2. The van der Waals surface area contributed by atoms with E-state index in [0.717, 1.165) is 11.3 Å². The fourth-order valence-corrected chi connectivity index (χ4v) is 3.55. The fraction of sp³-hybridized carbons (Fsp3) is 0.100. The van der Waals surface area contributed by atoms with Crippen LogP contribution in [0.25, 0.3) is 0 Å². The summed E-state index contributed by atoms with van der Waals surface area (Å²) in [5.74, 6) is -0.287. The second-order valence-electron chi connectivity index (χ2n) is 6.16. The molecule has 8 nitrogen and oxygen atoms in total. The second kappa shape index (κ2) is 8.98. The Hall–Kier alpha value is -3.72. The quantitative estimate of drug-likeness (QED) is 0.459. The van der Waals surface area contributed by atoms with E-state index in [9.17, 15) is 19.7 Å². The molecular formula is C20H18N4O4S. The van der Waals surface area contributed by atoms with E-state index in [2.05, 4.69) is 10.6 Å². The number of nitro groups is 1. The van der Waals surface area contributed by atoms with Crippen molar-refractivity contribution >= 4 is 39.7 Å². The molecule has 0 unspecified atom stereocenters. The second-order valence-corrected chi connectivity index (χ2v) is 7.24. The van der Waals surface area contributed by atoms with Crippen LogP contribution in [0.2, 0.25) is 0 Å². The van der Waals surface area contributed by atoms with Crippen molar-refractivity contribution in [2.45, 2.75) is 6.54 Å². The van der Waals surface area contributed by atoms with Gasteiger partial charge in [-0.15, -0.1) is 11.3 Å². The van der Waals surface area contributed by atoms with Gasteiger partial charge in [0.25, 0.3) is 11.6 Å². The molecule has 1 heterocycles. The molecule has 0 saturated carbocycles. The summed E-state index contributed by atoms with van der Waals surface area (Å²) in [5, 5.41) is 17.0. The maximum absolute atomic E-state index is 12.7. The van der Waals surface area contributed by atoms with Gasteiger partial charge in [-0.25, -0.2) is 4.79 Å². The molecule has 3 rings (SSSR count). The van der Waals surface area contributed by atoms with Gasteiger partial charge in [0.05, 0.1) is 21.3 Å². The number of nitrogens with one attached hydrogen (secondary N) is 2. The number of para-hydroxylation sites is 2. The number of urea groups is 1. The molecule has 0 atom stereocenters. The van der Waals surface area contributed by atoms with E-state index in [1.165, 1.54) is 11.0 Å². The number of anilines is 2. The molecule has 9 heteroatoms. The first-order valence-electron chi connectivity index (χ1n) is 8.64. The Morgan fingerprint density at radius 2 is 1.69 bits per heavy atom. The van der Waals surface area contributed by atoms with Crippen LogP contribution in [0.15, 0.2) is 66.7 Å². The Kier molecular flexibility index (Phi) is 6.20. The van der Waals surface area contributed by atoms with Crippen LogP contribution in [0.3, 0.4) is 0 Å². The highest BCUT2D eigenvalue weighted by molar-refractivity contribution is 7.18. The van der Waals surface area contributed by atoms with Crippen molar-refractivity contribution in [1.29, 1.82) is 0 Å². The number of carbonyl (C=O) groups is 2. The third-order valence-electron chi connectivity index (χ3n) is 4.03. The average Bonchev–Trinajstić information content (AvgIpc) is 3.16.